The largest absolute Gasteiger partial charge is 0.493 e. The second kappa shape index (κ2) is 9.57. The summed E-state index contributed by atoms with van der Waals surface area (Å²) in [5.41, 5.74) is 1.89. The van der Waals surface area contributed by atoms with Gasteiger partial charge in [0.1, 0.15) is 5.75 Å². The topological polar surface area (TPSA) is 70.6 Å². The maximum absolute atomic E-state index is 11.9. The van der Waals surface area contributed by atoms with Crippen LogP contribution in [0.25, 0.3) is 0 Å². The van der Waals surface area contributed by atoms with Crippen LogP contribution in [-0.2, 0) is 6.42 Å². The number of amides is 2. The van der Waals surface area contributed by atoms with Gasteiger partial charge in [-0.3, -0.25) is 0 Å². The van der Waals surface area contributed by atoms with E-state index in [1.165, 1.54) is 5.56 Å². The Hall–Kier alpha value is -2.53. The van der Waals surface area contributed by atoms with Crippen LogP contribution in [0.15, 0.2) is 54.6 Å². The van der Waals surface area contributed by atoms with Crippen molar-refractivity contribution in [3.63, 3.8) is 0 Å². The number of hydrogen-bond acceptors (Lipinski definition) is 3. The van der Waals surface area contributed by atoms with Crippen molar-refractivity contribution in [3.8, 4) is 5.75 Å². The smallest absolute Gasteiger partial charge is 0.319 e. The summed E-state index contributed by atoms with van der Waals surface area (Å²) in [6, 6.07) is 17.1. The molecule has 0 radical (unpaired) electrons. The standard InChI is InChI=1S/C19H24N2O3/c1-15(10-12-22)20-19(23)21-17-8-5-9-18(14-17)24-13-11-16-6-3-2-4-7-16/h2-9,14-15,22H,10-13H2,1H3,(H2,20,21,23)/t15-/m1/s1. The minimum atomic E-state index is -0.294. The molecule has 0 aromatic heterocycles. The lowest BCUT2D eigenvalue weighted by Crippen LogP contribution is -2.36. The first-order valence-corrected chi connectivity index (χ1v) is 8.12. The summed E-state index contributed by atoms with van der Waals surface area (Å²) in [5.74, 6) is 0.715. The number of anilines is 1. The predicted octanol–water partition coefficient (Wildman–Crippen LogP) is 3.20. The van der Waals surface area contributed by atoms with Gasteiger partial charge >= 0.3 is 6.03 Å². The molecule has 0 saturated carbocycles. The van der Waals surface area contributed by atoms with Crippen molar-refractivity contribution in [1.82, 2.24) is 5.32 Å². The van der Waals surface area contributed by atoms with Crippen molar-refractivity contribution in [2.75, 3.05) is 18.5 Å². The van der Waals surface area contributed by atoms with E-state index in [0.717, 1.165) is 6.42 Å². The van der Waals surface area contributed by atoms with Crippen molar-refractivity contribution >= 4 is 11.7 Å². The summed E-state index contributed by atoms with van der Waals surface area (Å²) in [6.07, 6.45) is 1.35. The van der Waals surface area contributed by atoms with Crippen LogP contribution in [0.3, 0.4) is 0 Å². The lowest BCUT2D eigenvalue weighted by molar-refractivity contribution is 0.241. The average Bonchev–Trinajstić information content (AvgIpc) is 2.56. The van der Waals surface area contributed by atoms with Gasteiger partial charge in [-0.1, -0.05) is 36.4 Å². The van der Waals surface area contributed by atoms with Gasteiger partial charge in [-0.2, -0.15) is 0 Å². The van der Waals surface area contributed by atoms with E-state index in [4.69, 9.17) is 9.84 Å². The number of urea groups is 1. The molecule has 0 bridgehead atoms. The van der Waals surface area contributed by atoms with Crippen molar-refractivity contribution in [3.05, 3.63) is 60.2 Å². The Labute approximate surface area is 142 Å². The zero-order valence-electron chi connectivity index (χ0n) is 13.9. The molecule has 2 rings (SSSR count). The van der Waals surface area contributed by atoms with E-state index < -0.39 is 0 Å². The molecule has 24 heavy (non-hydrogen) atoms. The molecule has 0 aliphatic heterocycles. The lowest BCUT2D eigenvalue weighted by atomic mass is 10.2. The van der Waals surface area contributed by atoms with Gasteiger partial charge in [-0.25, -0.2) is 4.79 Å². The van der Waals surface area contributed by atoms with Crippen LogP contribution >= 0.6 is 0 Å². The Morgan fingerprint density at radius 3 is 2.71 bits per heavy atom. The molecular formula is C19H24N2O3. The minimum Gasteiger partial charge on any atom is -0.493 e. The van der Waals surface area contributed by atoms with Gasteiger partial charge in [0, 0.05) is 30.8 Å². The Morgan fingerprint density at radius 1 is 1.17 bits per heavy atom. The monoisotopic (exact) mass is 328 g/mol. The molecule has 2 amide bonds. The number of benzene rings is 2. The fraction of sp³-hybridized carbons (Fsp3) is 0.316. The molecule has 0 spiro atoms. The number of hydrogen-bond donors (Lipinski definition) is 3. The van der Waals surface area contributed by atoms with Crippen LogP contribution in [0.5, 0.6) is 5.75 Å². The molecule has 0 saturated heterocycles. The Bertz CT molecular complexity index is 632. The Balaban J connectivity index is 1.81. The van der Waals surface area contributed by atoms with Crippen molar-refractivity contribution in [2.24, 2.45) is 0 Å². The number of rotatable bonds is 8. The molecule has 3 N–H and O–H groups in total. The third kappa shape index (κ3) is 6.30. The number of ether oxygens (including phenoxy) is 1. The normalized spacial score (nSPS) is 11.6. The van der Waals surface area contributed by atoms with Gasteiger partial charge in [0.25, 0.3) is 0 Å². The van der Waals surface area contributed by atoms with Gasteiger partial charge in [0.2, 0.25) is 0 Å². The van der Waals surface area contributed by atoms with Crippen molar-refractivity contribution in [1.29, 1.82) is 0 Å². The van der Waals surface area contributed by atoms with Crippen molar-refractivity contribution < 1.29 is 14.6 Å². The Morgan fingerprint density at radius 2 is 1.96 bits per heavy atom. The molecule has 0 unspecified atom stereocenters. The van der Waals surface area contributed by atoms with Gasteiger partial charge in [-0.15, -0.1) is 0 Å². The second-order valence-corrected chi connectivity index (χ2v) is 5.62. The molecule has 5 nitrogen and oxygen atoms in total. The van der Waals surface area contributed by atoms with Crippen LogP contribution < -0.4 is 15.4 Å². The van der Waals surface area contributed by atoms with Crippen LogP contribution in [-0.4, -0.2) is 30.4 Å². The highest BCUT2D eigenvalue weighted by atomic mass is 16.5. The average molecular weight is 328 g/mol. The van der Waals surface area contributed by atoms with Crippen LogP contribution in [0, 0.1) is 0 Å². The summed E-state index contributed by atoms with van der Waals surface area (Å²) in [7, 11) is 0. The summed E-state index contributed by atoms with van der Waals surface area (Å²) >= 11 is 0. The summed E-state index contributed by atoms with van der Waals surface area (Å²) in [6.45, 7) is 2.47. The molecule has 2 aromatic rings. The van der Waals surface area contributed by atoms with Crippen LogP contribution in [0.2, 0.25) is 0 Å². The fourth-order valence-corrected chi connectivity index (χ4v) is 2.25. The number of carbonyl (C=O) groups is 1. The third-order valence-electron chi connectivity index (χ3n) is 3.53. The zero-order chi connectivity index (χ0) is 17.2. The SMILES string of the molecule is C[C@H](CCO)NC(=O)Nc1cccc(OCCc2ccccc2)c1. The summed E-state index contributed by atoms with van der Waals surface area (Å²) in [4.78, 5) is 11.9. The number of nitrogens with one attached hydrogen (secondary N) is 2. The van der Waals surface area contributed by atoms with E-state index in [1.54, 1.807) is 12.1 Å². The van der Waals surface area contributed by atoms with Gasteiger partial charge in [0.05, 0.1) is 6.61 Å². The van der Waals surface area contributed by atoms with E-state index >= 15 is 0 Å². The summed E-state index contributed by atoms with van der Waals surface area (Å²) in [5, 5.41) is 14.4. The third-order valence-corrected chi connectivity index (χ3v) is 3.53. The molecule has 0 aliphatic rings. The van der Waals surface area contributed by atoms with Crippen molar-refractivity contribution in [2.45, 2.75) is 25.8 Å². The fourth-order valence-electron chi connectivity index (χ4n) is 2.25. The van der Waals surface area contributed by atoms with Gasteiger partial charge in [0.15, 0.2) is 0 Å². The molecule has 0 fully saturated rings. The molecular weight excluding hydrogens is 304 g/mol. The number of aliphatic hydroxyl groups excluding tert-OH is 1. The molecule has 1 atom stereocenters. The Kier molecular flexibility index (Phi) is 7.11. The molecule has 0 aliphatic carbocycles. The number of carbonyl (C=O) groups excluding carboxylic acids is 1. The predicted molar refractivity (Wildman–Crippen MR) is 95.4 cm³/mol. The molecule has 2 aromatic carbocycles. The van der Waals surface area contributed by atoms with E-state index in [1.807, 2.05) is 37.3 Å². The highest BCUT2D eigenvalue weighted by Gasteiger charge is 2.07. The quantitative estimate of drug-likeness (QED) is 0.697. The van der Waals surface area contributed by atoms with Gasteiger partial charge < -0.3 is 20.5 Å². The minimum absolute atomic E-state index is 0.0478. The van der Waals surface area contributed by atoms with E-state index in [-0.39, 0.29) is 18.7 Å². The zero-order valence-corrected chi connectivity index (χ0v) is 13.9. The molecule has 5 heteroatoms. The molecule has 128 valence electrons. The highest BCUT2D eigenvalue weighted by molar-refractivity contribution is 5.89. The molecule has 0 heterocycles. The van der Waals surface area contributed by atoms with Crippen LogP contribution in [0.4, 0.5) is 10.5 Å². The highest BCUT2D eigenvalue weighted by Crippen LogP contribution is 2.17. The van der Waals surface area contributed by atoms with E-state index in [9.17, 15) is 4.79 Å². The number of aliphatic hydroxyl groups is 1. The summed E-state index contributed by atoms with van der Waals surface area (Å²) < 4.78 is 5.75. The first-order valence-electron chi connectivity index (χ1n) is 8.12. The maximum atomic E-state index is 11.9. The van der Waals surface area contributed by atoms with Crippen LogP contribution in [0.1, 0.15) is 18.9 Å². The van der Waals surface area contributed by atoms with Gasteiger partial charge in [-0.05, 0) is 31.0 Å². The second-order valence-electron chi connectivity index (χ2n) is 5.62. The van der Waals surface area contributed by atoms with E-state index in [0.29, 0.717) is 24.5 Å². The first kappa shape index (κ1) is 17.8. The first-order chi connectivity index (χ1) is 11.7. The van der Waals surface area contributed by atoms with E-state index in [2.05, 4.69) is 22.8 Å². The lowest BCUT2D eigenvalue weighted by Gasteiger charge is -2.14. The maximum Gasteiger partial charge on any atom is 0.319 e.